The van der Waals surface area contributed by atoms with Gasteiger partial charge in [-0.25, -0.2) is 0 Å². The van der Waals surface area contributed by atoms with Crippen LogP contribution in [-0.4, -0.2) is 47.2 Å². The van der Waals surface area contributed by atoms with Crippen molar-refractivity contribution in [3.05, 3.63) is 0 Å². The van der Waals surface area contributed by atoms with Crippen molar-refractivity contribution in [1.29, 1.82) is 0 Å². The van der Waals surface area contributed by atoms with Crippen LogP contribution < -0.4 is 0 Å². The Morgan fingerprint density at radius 2 is 0.613 bits per heavy atom. The van der Waals surface area contributed by atoms with Crippen LogP contribution in [-0.2, 0) is 0 Å². The van der Waals surface area contributed by atoms with E-state index >= 15 is 0 Å². The first-order chi connectivity index (χ1) is 14.2. The largest absolute Gasteiger partial charge is 0.453 e. The molecule has 0 aromatic carbocycles. The summed E-state index contributed by atoms with van der Waals surface area (Å²) in [5.74, 6) is -7.24. The summed E-state index contributed by atoms with van der Waals surface area (Å²) >= 11 is 2.75. The van der Waals surface area contributed by atoms with E-state index in [0.29, 0.717) is 0 Å². The topological polar surface area (TPSA) is 0 Å². The molecule has 0 aliphatic carbocycles. The number of thioether (sulfide) groups is 2. The van der Waals surface area contributed by atoms with Gasteiger partial charge in [-0.15, -0.1) is 0 Å². The van der Waals surface area contributed by atoms with Crippen molar-refractivity contribution >= 4 is 23.5 Å². The van der Waals surface area contributed by atoms with Crippen molar-refractivity contribution in [2.24, 2.45) is 0 Å². The van der Waals surface area contributed by atoms with Crippen molar-refractivity contribution in [2.75, 3.05) is 23.0 Å². The highest BCUT2D eigenvalue weighted by Crippen LogP contribution is 2.40. The molecule has 0 rings (SSSR count). The zero-order valence-corrected chi connectivity index (χ0v) is 18.8. The molecule has 0 aliphatic heterocycles. The first kappa shape index (κ1) is 31.0. The highest BCUT2D eigenvalue weighted by atomic mass is 32.2. The van der Waals surface area contributed by atoms with Crippen molar-refractivity contribution in [3.63, 3.8) is 0 Å². The fourth-order valence-corrected chi connectivity index (χ4v) is 4.49. The fourth-order valence-electron chi connectivity index (χ4n) is 2.57. The molecule has 0 fully saturated rings. The Bertz CT molecular complexity index is 410. The predicted octanol–water partition coefficient (Wildman–Crippen LogP) is 9.14. The predicted molar refractivity (Wildman–Crippen MR) is 107 cm³/mol. The fraction of sp³-hybridized carbons (Fsp3) is 1.00. The normalized spacial score (nSPS) is 13.7. The van der Waals surface area contributed by atoms with Crippen LogP contribution in [0.4, 0.5) is 43.9 Å². The third-order valence-corrected chi connectivity index (χ3v) is 6.78. The maximum Gasteiger partial charge on any atom is 0.453 e. The van der Waals surface area contributed by atoms with Gasteiger partial charge in [0.15, 0.2) is 0 Å². The van der Waals surface area contributed by atoms with Crippen molar-refractivity contribution in [1.82, 2.24) is 0 Å². The van der Waals surface area contributed by atoms with Gasteiger partial charge in [-0.05, 0) is 48.7 Å². The van der Waals surface area contributed by atoms with Gasteiger partial charge in [-0.3, -0.25) is 0 Å². The second kappa shape index (κ2) is 15.0. The third-order valence-electron chi connectivity index (χ3n) is 4.47. The van der Waals surface area contributed by atoms with Gasteiger partial charge in [0, 0.05) is 12.8 Å². The molecule has 0 amide bonds. The molecule has 188 valence electrons. The van der Waals surface area contributed by atoms with E-state index in [1.165, 1.54) is 23.5 Å². The van der Waals surface area contributed by atoms with Gasteiger partial charge in [0.2, 0.25) is 0 Å². The van der Waals surface area contributed by atoms with E-state index in [0.717, 1.165) is 56.5 Å². The second-order valence-corrected chi connectivity index (χ2v) is 9.76. The summed E-state index contributed by atoms with van der Waals surface area (Å²) in [7, 11) is 0. The molecule has 0 aromatic heterocycles. The SMILES string of the molecule is FC(F)(F)C(F)(F)CCCSCCCCCCCCCSCCCC(F)(F)C(F)(F)F. The summed E-state index contributed by atoms with van der Waals surface area (Å²) < 4.78 is 123. The summed E-state index contributed by atoms with van der Waals surface area (Å²) in [6, 6.07) is 0. The summed E-state index contributed by atoms with van der Waals surface area (Å²) in [6.45, 7) is 0. The van der Waals surface area contributed by atoms with Crippen LogP contribution in [0.2, 0.25) is 0 Å². The molecular weight excluding hydrogens is 482 g/mol. The van der Waals surface area contributed by atoms with Gasteiger partial charge < -0.3 is 0 Å². The highest BCUT2D eigenvalue weighted by molar-refractivity contribution is 7.99. The molecule has 0 bridgehead atoms. The van der Waals surface area contributed by atoms with Crippen LogP contribution in [0.25, 0.3) is 0 Å². The summed E-state index contributed by atoms with van der Waals surface area (Å²) in [5, 5.41) is 0. The Labute approximate surface area is 185 Å². The average molecular weight is 513 g/mol. The van der Waals surface area contributed by atoms with Crippen LogP contribution >= 0.6 is 23.5 Å². The van der Waals surface area contributed by atoms with Crippen LogP contribution in [0.1, 0.15) is 70.6 Å². The van der Waals surface area contributed by atoms with Crippen molar-refractivity contribution in [2.45, 2.75) is 94.8 Å². The quantitative estimate of drug-likeness (QED) is 0.133. The van der Waals surface area contributed by atoms with Crippen LogP contribution in [0.3, 0.4) is 0 Å². The molecule has 0 saturated heterocycles. The minimum absolute atomic E-state index is 0.181. The van der Waals surface area contributed by atoms with E-state index in [9.17, 15) is 43.9 Å². The monoisotopic (exact) mass is 512 g/mol. The molecule has 0 saturated carbocycles. The third kappa shape index (κ3) is 14.7. The standard InChI is InChI=1S/C19H30F10S2/c20-16(21,18(24,25)26)10-8-14-30-12-6-4-2-1-3-5-7-13-31-15-9-11-17(22,23)19(27,28)29/h1-15H2. The first-order valence-electron chi connectivity index (χ1n) is 10.3. The summed E-state index contributed by atoms with van der Waals surface area (Å²) in [6.07, 6.45) is -7.04. The first-order valence-corrected chi connectivity index (χ1v) is 12.6. The van der Waals surface area contributed by atoms with E-state index in [2.05, 4.69) is 0 Å². The number of hydrogen-bond acceptors (Lipinski definition) is 2. The van der Waals surface area contributed by atoms with Gasteiger partial charge in [0.25, 0.3) is 0 Å². The van der Waals surface area contributed by atoms with Crippen LogP contribution in [0.5, 0.6) is 0 Å². The number of unbranched alkanes of at least 4 members (excludes halogenated alkanes) is 6. The number of hydrogen-bond donors (Lipinski definition) is 0. The Balaban J connectivity index is 3.36. The molecule has 0 radical (unpaired) electrons. The lowest BCUT2D eigenvalue weighted by atomic mass is 10.1. The average Bonchev–Trinajstić information content (AvgIpc) is 2.62. The Morgan fingerprint density at radius 1 is 0.355 bits per heavy atom. The number of halogens is 10. The van der Waals surface area contributed by atoms with E-state index < -0.39 is 37.0 Å². The lowest BCUT2D eigenvalue weighted by Crippen LogP contribution is -2.36. The van der Waals surface area contributed by atoms with E-state index in [4.69, 9.17) is 0 Å². The number of rotatable bonds is 18. The molecule has 0 unspecified atom stereocenters. The Hall–Kier alpha value is -0.000000000000000111. The molecule has 0 spiro atoms. The summed E-state index contributed by atoms with van der Waals surface area (Å²) in [4.78, 5) is 0. The van der Waals surface area contributed by atoms with E-state index in [1.54, 1.807) is 0 Å². The van der Waals surface area contributed by atoms with Crippen LogP contribution in [0, 0.1) is 0 Å². The molecule has 0 atom stereocenters. The molecular formula is C19H30F10S2. The molecule has 31 heavy (non-hydrogen) atoms. The van der Waals surface area contributed by atoms with Crippen LogP contribution in [0.15, 0.2) is 0 Å². The molecule has 12 heteroatoms. The smallest absolute Gasteiger partial charge is 0.196 e. The maximum atomic E-state index is 12.7. The lowest BCUT2D eigenvalue weighted by molar-refractivity contribution is -0.284. The van der Waals surface area contributed by atoms with Gasteiger partial charge in [0.1, 0.15) is 0 Å². The maximum absolute atomic E-state index is 12.7. The van der Waals surface area contributed by atoms with Gasteiger partial charge >= 0.3 is 24.2 Å². The number of alkyl halides is 10. The zero-order valence-electron chi connectivity index (χ0n) is 17.2. The highest BCUT2D eigenvalue weighted by Gasteiger charge is 2.57. The van der Waals surface area contributed by atoms with E-state index in [1.807, 2.05) is 0 Å². The minimum atomic E-state index is -5.48. The lowest BCUT2D eigenvalue weighted by Gasteiger charge is -2.19. The molecule has 0 aromatic rings. The van der Waals surface area contributed by atoms with Gasteiger partial charge in [-0.1, -0.05) is 32.1 Å². The Kier molecular flexibility index (Phi) is 15.0. The zero-order chi connectivity index (χ0) is 24.0. The van der Waals surface area contributed by atoms with Crippen molar-refractivity contribution in [3.8, 4) is 0 Å². The molecule has 0 N–H and O–H groups in total. The Morgan fingerprint density at radius 3 is 0.903 bits per heavy atom. The molecule has 0 heterocycles. The van der Waals surface area contributed by atoms with Gasteiger partial charge in [0.05, 0.1) is 0 Å². The second-order valence-electron chi connectivity index (χ2n) is 7.31. The molecule has 0 nitrogen and oxygen atoms in total. The molecule has 0 aliphatic rings. The van der Waals surface area contributed by atoms with Crippen molar-refractivity contribution < 1.29 is 43.9 Å². The minimum Gasteiger partial charge on any atom is -0.196 e. The van der Waals surface area contributed by atoms with E-state index in [-0.39, 0.29) is 24.3 Å². The van der Waals surface area contributed by atoms with Gasteiger partial charge in [-0.2, -0.15) is 67.4 Å². The summed E-state index contributed by atoms with van der Waals surface area (Å²) in [5.41, 5.74) is 0.